The second-order valence-corrected chi connectivity index (χ2v) is 7.75. The monoisotopic (exact) mass is 388 g/mol. The third kappa shape index (κ3) is 7.69. The van der Waals surface area contributed by atoms with Crippen molar-refractivity contribution in [2.24, 2.45) is 4.99 Å². The highest BCUT2D eigenvalue weighted by Gasteiger charge is 2.05. The number of guanidine groups is 1. The van der Waals surface area contributed by atoms with Crippen LogP contribution >= 0.6 is 11.3 Å². The molecule has 1 heterocycles. The van der Waals surface area contributed by atoms with E-state index < -0.39 is 0 Å². The maximum atomic E-state index is 5.91. The van der Waals surface area contributed by atoms with Gasteiger partial charge in [0.1, 0.15) is 0 Å². The molecule has 2 N–H and O–H groups in total. The minimum Gasteiger partial charge on any atom is -0.374 e. The lowest BCUT2D eigenvalue weighted by Crippen LogP contribution is -2.38. The fourth-order valence-corrected chi connectivity index (χ4v) is 3.54. The maximum Gasteiger partial charge on any atom is 0.191 e. The molecule has 0 bridgehead atoms. The van der Waals surface area contributed by atoms with Gasteiger partial charge >= 0.3 is 0 Å². The first-order valence-corrected chi connectivity index (χ1v) is 10.5. The van der Waals surface area contributed by atoms with Gasteiger partial charge in [-0.05, 0) is 39.7 Å². The third-order valence-electron chi connectivity index (χ3n) is 4.26. The predicted octanol–water partition coefficient (Wildman–Crippen LogP) is 4.03. The molecule has 1 aromatic heterocycles. The lowest BCUT2D eigenvalue weighted by Gasteiger charge is -2.13. The number of aryl methyl sites for hydroxylation is 2. The van der Waals surface area contributed by atoms with Crippen LogP contribution in [0.5, 0.6) is 0 Å². The molecule has 1 aromatic carbocycles. The van der Waals surface area contributed by atoms with Crippen LogP contribution in [0.2, 0.25) is 0 Å². The van der Waals surface area contributed by atoms with Crippen molar-refractivity contribution < 1.29 is 4.74 Å². The highest BCUT2D eigenvalue weighted by molar-refractivity contribution is 7.11. The summed E-state index contributed by atoms with van der Waals surface area (Å²) in [5.41, 5.74) is 2.35. The van der Waals surface area contributed by atoms with E-state index >= 15 is 0 Å². The molecule has 2 aromatic rings. The van der Waals surface area contributed by atoms with Gasteiger partial charge in [-0.3, -0.25) is 4.99 Å². The van der Waals surface area contributed by atoms with Crippen molar-refractivity contribution in [3.63, 3.8) is 0 Å². The molecule has 0 saturated carbocycles. The molecule has 6 heteroatoms. The van der Waals surface area contributed by atoms with Crippen LogP contribution in [0.4, 0.5) is 0 Å². The van der Waals surface area contributed by atoms with Crippen molar-refractivity contribution in [3.05, 3.63) is 51.5 Å². The molecule has 0 amide bonds. The number of hydrogen-bond donors (Lipinski definition) is 2. The van der Waals surface area contributed by atoms with Crippen molar-refractivity contribution in [2.75, 3.05) is 26.2 Å². The van der Waals surface area contributed by atoms with Crippen molar-refractivity contribution >= 4 is 17.3 Å². The lowest BCUT2D eigenvalue weighted by atomic mass is 10.1. The summed E-state index contributed by atoms with van der Waals surface area (Å²) in [5, 5.41) is 7.86. The SMILES string of the molecule is CCNC(=NCCCOC(C)c1ccccc1)NCCc1nc(C)c(C)s1. The number of nitrogens with zero attached hydrogens (tertiary/aromatic N) is 2. The molecule has 0 aliphatic rings. The fourth-order valence-electron chi connectivity index (χ4n) is 2.61. The van der Waals surface area contributed by atoms with Gasteiger partial charge in [-0.25, -0.2) is 4.98 Å². The Hall–Kier alpha value is -1.92. The Morgan fingerprint density at radius 2 is 2.00 bits per heavy atom. The molecule has 1 unspecified atom stereocenters. The first kappa shape index (κ1) is 21.4. The zero-order chi connectivity index (χ0) is 19.5. The Labute approximate surface area is 167 Å². The highest BCUT2D eigenvalue weighted by atomic mass is 32.1. The van der Waals surface area contributed by atoms with Crippen molar-refractivity contribution in [3.8, 4) is 0 Å². The summed E-state index contributed by atoms with van der Waals surface area (Å²) < 4.78 is 5.91. The first-order chi connectivity index (χ1) is 13.1. The Kier molecular flexibility index (Phi) is 9.28. The van der Waals surface area contributed by atoms with Crippen LogP contribution in [0.15, 0.2) is 35.3 Å². The summed E-state index contributed by atoms with van der Waals surface area (Å²) in [4.78, 5) is 10.5. The van der Waals surface area contributed by atoms with Gasteiger partial charge in [0, 0.05) is 37.5 Å². The zero-order valence-electron chi connectivity index (χ0n) is 16.9. The number of aromatic nitrogens is 1. The molecule has 0 saturated heterocycles. The van der Waals surface area contributed by atoms with Crippen LogP contribution in [-0.4, -0.2) is 37.2 Å². The zero-order valence-corrected chi connectivity index (χ0v) is 17.7. The molecule has 2 rings (SSSR count). The van der Waals surface area contributed by atoms with E-state index in [0.717, 1.165) is 44.1 Å². The molecule has 0 spiro atoms. The average Bonchev–Trinajstić information content (AvgIpc) is 2.99. The van der Waals surface area contributed by atoms with Gasteiger partial charge in [-0.15, -0.1) is 11.3 Å². The molecule has 0 radical (unpaired) electrons. The van der Waals surface area contributed by atoms with Crippen molar-refractivity contribution in [2.45, 2.75) is 46.6 Å². The van der Waals surface area contributed by atoms with Crippen molar-refractivity contribution in [1.82, 2.24) is 15.6 Å². The van der Waals surface area contributed by atoms with E-state index in [2.05, 4.69) is 60.4 Å². The molecule has 0 aliphatic carbocycles. The minimum absolute atomic E-state index is 0.117. The second kappa shape index (κ2) is 11.7. The molecule has 148 valence electrons. The van der Waals surface area contributed by atoms with E-state index in [1.807, 2.05) is 18.2 Å². The van der Waals surface area contributed by atoms with Crippen LogP contribution in [0.1, 0.15) is 47.5 Å². The van der Waals surface area contributed by atoms with Crippen LogP contribution in [0.3, 0.4) is 0 Å². The minimum atomic E-state index is 0.117. The van der Waals surface area contributed by atoms with Crippen molar-refractivity contribution in [1.29, 1.82) is 0 Å². The van der Waals surface area contributed by atoms with Gasteiger partial charge < -0.3 is 15.4 Å². The van der Waals surface area contributed by atoms with Gasteiger partial charge in [-0.2, -0.15) is 0 Å². The highest BCUT2D eigenvalue weighted by Crippen LogP contribution is 2.17. The van der Waals surface area contributed by atoms with Gasteiger partial charge in [0.15, 0.2) is 5.96 Å². The van der Waals surface area contributed by atoms with Gasteiger partial charge in [0.25, 0.3) is 0 Å². The van der Waals surface area contributed by atoms with E-state index in [1.54, 1.807) is 11.3 Å². The summed E-state index contributed by atoms with van der Waals surface area (Å²) in [6, 6.07) is 10.3. The van der Waals surface area contributed by atoms with Gasteiger partial charge in [0.05, 0.1) is 16.8 Å². The van der Waals surface area contributed by atoms with Crippen LogP contribution in [-0.2, 0) is 11.2 Å². The Bertz CT molecular complexity index is 680. The molecule has 0 fully saturated rings. The van der Waals surface area contributed by atoms with Gasteiger partial charge in [0.2, 0.25) is 0 Å². The number of aliphatic imine (C=N–C) groups is 1. The Morgan fingerprint density at radius 1 is 1.22 bits per heavy atom. The van der Waals surface area contributed by atoms with E-state index in [0.29, 0.717) is 6.61 Å². The number of rotatable bonds is 10. The average molecular weight is 389 g/mol. The smallest absolute Gasteiger partial charge is 0.191 e. The van der Waals surface area contributed by atoms with E-state index in [1.165, 1.54) is 15.4 Å². The topological polar surface area (TPSA) is 58.5 Å². The second-order valence-electron chi connectivity index (χ2n) is 6.46. The number of hydrogen-bond acceptors (Lipinski definition) is 4. The molecule has 27 heavy (non-hydrogen) atoms. The number of ether oxygens (including phenoxy) is 1. The Balaban J connectivity index is 1.68. The van der Waals surface area contributed by atoms with Crippen LogP contribution < -0.4 is 10.6 Å². The van der Waals surface area contributed by atoms with Gasteiger partial charge in [-0.1, -0.05) is 30.3 Å². The summed E-state index contributed by atoms with van der Waals surface area (Å²) >= 11 is 1.78. The third-order valence-corrected chi connectivity index (χ3v) is 5.39. The lowest BCUT2D eigenvalue weighted by molar-refractivity contribution is 0.0652. The normalized spacial score (nSPS) is 12.8. The quantitative estimate of drug-likeness (QED) is 0.367. The largest absolute Gasteiger partial charge is 0.374 e. The predicted molar refractivity (Wildman–Crippen MR) is 115 cm³/mol. The first-order valence-electron chi connectivity index (χ1n) is 9.71. The summed E-state index contributed by atoms with van der Waals surface area (Å²) in [5.74, 6) is 0.860. The Morgan fingerprint density at radius 3 is 2.67 bits per heavy atom. The van der Waals surface area contributed by atoms with Crippen LogP contribution in [0.25, 0.3) is 0 Å². The summed E-state index contributed by atoms with van der Waals surface area (Å²) in [6.07, 6.45) is 1.94. The van der Waals surface area contributed by atoms with E-state index in [4.69, 9.17) is 4.74 Å². The van der Waals surface area contributed by atoms with E-state index in [-0.39, 0.29) is 6.10 Å². The summed E-state index contributed by atoms with van der Waals surface area (Å²) in [7, 11) is 0. The summed E-state index contributed by atoms with van der Waals surface area (Å²) in [6.45, 7) is 11.5. The molecule has 1 atom stereocenters. The molecular weight excluding hydrogens is 356 g/mol. The van der Waals surface area contributed by atoms with Crippen LogP contribution in [0, 0.1) is 13.8 Å². The fraction of sp³-hybridized carbons (Fsp3) is 0.524. The maximum absolute atomic E-state index is 5.91. The standard InChI is InChI=1S/C21H32N4OS/c1-5-22-21(24-14-12-20-25-16(2)18(4)27-20)23-13-9-15-26-17(3)19-10-7-6-8-11-19/h6-8,10-11,17H,5,9,12-15H2,1-4H3,(H2,22,23,24). The number of thiazole rings is 1. The molecule has 0 aliphatic heterocycles. The number of nitrogens with one attached hydrogen (secondary N) is 2. The number of benzene rings is 1. The molecular formula is C21H32N4OS. The van der Waals surface area contributed by atoms with E-state index in [9.17, 15) is 0 Å². The molecule has 5 nitrogen and oxygen atoms in total.